The second kappa shape index (κ2) is 6.17. The molecule has 1 heterocycles. The predicted molar refractivity (Wildman–Crippen MR) is 78.7 cm³/mol. The lowest BCUT2D eigenvalue weighted by molar-refractivity contribution is -0.138. The van der Waals surface area contributed by atoms with E-state index in [0.29, 0.717) is 23.3 Å². The normalized spacial score (nSPS) is 24.2. The van der Waals surface area contributed by atoms with Gasteiger partial charge in [0.15, 0.2) is 6.61 Å². The van der Waals surface area contributed by atoms with Gasteiger partial charge in [-0.3, -0.25) is 4.79 Å². The number of rotatable bonds is 3. The van der Waals surface area contributed by atoms with Gasteiger partial charge in [-0.05, 0) is 55.9 Å². The molecule has 0 spiro atoms. The molecule has 1 aromatic carbocycles. The number of ether oxygens (including phenoxy) is 1. The second-order valence-electron chi connectivity index (χ2n) is 5.91. The van der Waals surface area contributed by atoms with Crippen LogP contribution in [0.15, 0.2) is 24.3 Å². The van der Waals surface area contributed by atoms with E-state index in [2.05, 4.69) is 6.07 Å². The smallest absolute Gasteiger partial charge is 0.260 e. The number of benzene rings is 1. The van der Waals surface area contributed by atoms with Gasteiger partial charge in [0.2, 0.25) is 0 Å². The van der Waals surface area contributed by atoms with E-state index < -0.39 is 0 Å². The Morgan fingerprint density at radius 1 is 1.24 bits per heavy atom. The molecule has 2 aliphatic rings. The van der Waals surface area contributed by atoms with Crippen LogP contribution in [-0.4, -0.2) is 30.0 Å². The highest BCUT2D eigenvalue weighted by Gasteiger charge is 2.37. The molecule has 0 bridgehead atoms. The third kappa shape index (κ3) is 3.02. The van der Waals surface area contributed by atoms with Crippen molar-refractivity contribution in [3.8, 4) is 11.8 Å². The van der Waals surface area contributed by atoms with Crippen LogP contribution in [0.3, 0.4) is 0 Å². The molecule has 110 valence electrons. The third-order valence-electron chi connectivity index (χ3n) is 4.66. The summed E-state index contributed by atoms with van der Waals surface area (Å²) in [7, 11) is 0. The summed E-state index contributed by atoms with van der Waals surface area (Å²) in [5.74, 6) is 1.44. The molecule has 1 saturated heterocycles. The maximum absolute atomic E-state index is 12.4. The number of amides is 1. The number of likely N-dealkylation sites (tertiary alicyclic amines) is 1. The van der Waals surface area contributed by atoms with Gasteiger partial charge in [0.1, 0.15) is 5.75 Å². The first-order valence-corrected chi connectivity index (χ1v) is 7.70. The molecule has 1 amide bonds. The summed E-state index contributed by atoms with van der Waals surface area (Å²) in [6, 6.07) is 9.38. The quantitative estimate of drug-likeness (QED) is 0.857. The molecule has 3 rings (SSSR count). The minimum atomic E-state index is 0.0924. The van der Waals surface area contributed by atoms with Gasteiger partial charge in [-0.2, -0.15) is 5.26 Å². The number of hydrogen-bond donors (Lipinski definition) is 0. The summed E-state index contributed by atoms with van der Waals surface area (Å²) in [6.07, 6.45) is 6.04. The van der Waals surface area contributed by atoms with Crippen LogP contribution in [-0.2, 0) is 4.79 Å². The summed E-state index contributed by atoms with van der Waals surface area (Å²) in [5, 5.41) is 8.75. The monoisotopic (exact) mass is 284 g/mol. The Hall–Kier alpha value is -2.02. The molecular weight excluding hydrogens is 264 g/mol. The fourth-order valence-electron chi connectivity index (χ4n) is 3.62. The van der Waals surface area contributed by atoms with E-state index in [1.807, 2.05) is 4.90 Å². The number of nitrogens with zero attached hydrogens (tertiary/aromatic N) is 2. The van der Waals surface area contributed by atoms with E-state index >= 15 is 0 Å². The molecule has 21 heavy (non-hydrogen) atoms. The number of nitriles is 1. The minimum Gasteiger partial charge on any atom is -0.484 e. The molecule has 4 heteroatoms. The van der Waals surface area contributed by atoms with Gasteiger partial charge in [0.05, 0.1) is 11.6 Å². The highest BCUT2D eigenvalue weighted by Crippen LogP contribution is 2.36. The standard InChI is InChI=1S/C17H20N2O2/c18-11-13-6-8-15(9-7-13)21-12-17(20)19-10-2-4-14-3-1-5-16(14)19/h6-9,14,16H,1-5,10,12H2. The van der Waals surface area contributed by atoms with Gasteiger partial charge < -0.3 is 9.64 Å². The molecule has 2 fully saturated rings. The van der Waals surface area contributed by atoms with Gasteiger partial charge >= 0.3 is 0 Å². The van der Waals surface area contributed by atoms with Crippen molar-refractivity contribution in [1.82, 2.24) is 4.90 Å². The van der Waals surface area contributed by atoms with Crippen molar-refractivity contribution in [1.29, 1.82) is 5.26 Å². The van der Waals surface area contributed by atoms with Crippen LogP contribution in [0.4, 0.5) is 0 Å². The van der Waals surface area contributed by atoms with Gasteiger partial charge in [0.25, 0.3) is 5.91 Å². The molecule has 0 aromatic heterocycles. The Balaban J connectivity index is 1.57. The van der Waals surface area contributed by atoms with E-state index in [9.17, 15) is 4.79 Å². The van der Waals surface area contributed by atoms with Crippen molar-refractivity contribution in [3.05, 3.63) is 29.8 Å². The highest BCUT2D eigenvalue weighted by atomic mass is 16.5. The molecule has 2 unspecified atom stereocenters. The van der Waals surface area contributed by atoms with Gasteiger partial charge in [-0.15, -0.1) is 0 Å². The van der Waals surface area contributed by atoms with E-state index in [-0.39, 0.29) is 12.5 Å². The molecule has 1 aliphatic heterocycles. The molecule has 0 radical (unpaired) electrons. The Labute approximate surface area is 125 Å². The lowest BCUT2D eigenvalue weighted by Crippen LogP contribution is -2.47. The van der Waals surface area contributed by atoms with Crippen molar-refractivity contribution in [2.24, 2.45) is 5.92 Å². The summed E-state index contributed by atoms with van der Waals surface area (Å²) < 4.78 is 5.57. The minimum absolute atomic E-state index is 0.0924. The largest absolute Gasteiger partial charge is 0.484 e. The van der Waals surface area contributed by atoms with Gasteiger partial charge in [-0.1, -0.05) is 6.42 Å². The zero-order valence-corrected chi connectivity index (χ0v) is 12.1. The molecule has 4 nitrogen and oxygen atoms in total. The Bertz CT molecular complexity index is 547. The average molecular weight is 284 g/mol. The van der Waals surface area contributed by atoms with Crippen LogP contribution >= 0.6 is 0 Å². The van der Waals surface area contributed by atoms with E-state index in [1.54, 1.807) is 24.3 Å². The second-order valence-corrected chi connectivity index (χ2v) is 5.91. The predicted octanol–water partition coefficient (Wildman–Crippen LogP) is 2.73. The van der Waals surface area contributed by atoms with Crippen molar-refractivity contribution < 1.29 is 9.53 Å². The van der Waals surface area contributed by atoms with Crippen molar-refractivity contribution in [2.75, 3.05) is 13.2 Å². The van der Waals surface area contributed by atoms with Crippen molar-refractivity contribution >= 4 is 5.91 Å². The molecular formula is C17H20N2O2. The zero-order valence-electron chi connectivity index (χ0n) is 12.1. The first-order valence-electron chi connectivity index (χ1n) is 7.70. The number of carbonyl (C=O) groups excluding carboxylic acids is 1. The SMILES string of the molecule is N#Cc1ccc(OCC(=O)N2CCCC3CCCC32)cc1. The molecule has 0 N–H and O–H groups in total. The fourth-order valence-corrected chi connectivity index (χ4v) is 3.62. The summed E-state index contributed by atoms with van der Waals surface area (Å²) in [4.78, 5) is 14.4. The Kier molecular flexibility index (Phi) is 4.10. The summed E-state index contributed by atoms with van der Waals surface area (Å²) >= 11 is 0. The lowest BCUT2D eigenvalue weighted by atomic mass is 9.92. The molecule has 2 atom stereocenters. The first kappa shape index (κ1) is 13.9. The number of fused-ring (bicyclic) bond motifs is 1. The highest BCUT2D eigenvalue weighted by molar-refractivity contribution is 5.78. The third-order valence-corrected chi connectivity index (χ3v) is 4.66. The van der Waals surface area contributed by atoms with Gasteiger partial charge in [0, 0.05) is 12.6 Å². The topological polar surface area (TPSA) is 53.3 Å². The maximum atomic E-state index is 12.4. The lowest BCUT2D eigenvalue weighted by Gasteiger charge is -2.37. The maximum Gasteiger partial charge on any atom is 0.260 e. The van der Waals surface area contributed by atoms with Crippen LogP contribution in [0.25, 0.3) is 0 Å². The summed E-state index contributed by atoms with van der Waals surface area (Å²) in [6.45, 7) is 0.964. The van der Waals surface area contributed by atoms with E-state index in [0.717, 1.165) is 19.4 Å². The van der Waals surface area contributed by atoms with E-state index in [4.69, 9.17) is 10.00 Å². The number of hydrogen-bond acceptors (Lipinski definition) is 3. The first-order chi connectivity index (χ1) is 10.3. The van der Waals surface area contributed by atoms with Crippen LogP contribution in [0.5, 0.6) is 5.75 Å². The molecule has 1 aromatic rings. The summed E-state index contributed by atoms with van der Waals surface area (Å²) in [5.41, 5.74) is 0.596. The zero-order chi connectivity index (χ0) is 14.7. The van der Waals surface area contributed by atoms with Crippen LogP contribution < -0.4 is 4.74 Å². The van der Waals surface area contributed by atoms with Gasteiger partial charge in [-0.25, -0.2) is 0 Å². The number of carbonyl (C=O) groups is 1. The fraction of sp³-hybridized carbons (Fsp3) is 0.529. The Morgan fingerprint density at radius 3 is 2.76 bits per heavy atom. The van der Waals surface area contributed by atoms with Crippen LogP contribution in [0.2, 0.25) is 0 Å². The molecule has 1 saturated carbocycles. The number of piperidine rings is 1. The Morgan fingerprint density at radius 2 is 2.00 bits per heavy atom. The van der Waals surface area contributed by atoms with Crippen LogP contribution in [0.1, 0.15) is 37.7 Å². The average Bonchev–Trinajstić information content (AvgIpc) is 3.01. The van der Waals surface area contributed by atoms with Crippen LogP contribution in [0, 0.1) is 17.2 Å². The molecule has 1 aliphatic carbocycles. The van der Waals surface area contributed by atoms with Crippen molar-refractivity contribution in [3.63, 3.8) is 0 Å². The van der Waals surface area contributed by atoms with E-state index in [1.165, 1.54) is 19.3 Å². The van der Waals surface area contributed by atoms with Crippen molar-refractivity contribution in [2.45, 2.75) is 38.1 Å².